The molecule has 0 amide bonds. The molecule has 5 nitrogen and oxygen atoms in total. The van der Waals surface area contributed by atoms with Gasteiger partial charge in [-0.3, -0.25) is 4.40 Å². The molecule has 0 spiro atoms. The molecule has 2 rings (SSSR count). The standard InChI is InChI=1S/C10H14N4O/c1-7-3-12-10-13-8(6-14(10)5-7)9(15)4-11-2/h3,5-6,9,11,15H,4H2,1-2H3. The fourth-order valence-electron chi connectivity index (χ4n) is 1.46. The highest BCUT2D eigenvalue weighted by molar-refractivity contribution is 5.32. The van der Waals surface area contributed by atoms with Gasteiger partial charge in [0.05, 0.1) is 5.69 Å². The van der Waals surface area contributed by atoms with Gasteiger partial charge in [-0.25, -0.2) is 9.97 Å². The first-order valence-corrected chi connectivity index (χ1v) is 4.84. The zero-order valence-corrected chi connectivity index (χ0v) is 8.81. The second kappa shape index (κ2) is 3.96. The first-order valence-electron chi connectivity index (χ1n) is 4.84. The molecule has 1 atom stereocenters. The molecular weight excluding hydrogens is 192 g/mol. The summed E-state index contributed by atoms with van der Waals surface area (Å²) in [5, 5.41) is 12.6. The van der Waals surface area contributed by atoms with Gasteiger partial charge in [0, 0.05) is 25.1 Å². The summed E-state index contributed by atoms with van der Waals surface area (Å²) in [6.45, 7) is 2.46. The molecule has 1 unspecified atom stereocenters. The van der Waals surface area contributed by atoms with Crippen LogP contribution in [-0.2, 0) is 0 Å². The lowest BCUT2D eigenvalue weighted by atomic mass is 10.3. The van der Waals surface area contributed by atoms with Crippen LogP contribution in [0, 0.1) is 6.92 Å². The molecule has 5 heteroatoms. The topological polar surface area (TPSA) is 62.5 Å². The largest absolute Gasteiger partial charge is 0.385 e. The number of aliphatic hydroxyl groups is 1. The number of rotatable bonds is 3. The molecular formula is C10H14N4O. The van der Waals surface area contributed by atoms with E-state index < -0.39 is 6.10 Å². The number of likely N-dealkylation sites (N-methyl/N-ethyl adjacent to an activating group) is 1. The minimum absolute atomic E-state index is 0.489. The molecule has 2 N–H and O–H groups in total. The van der Waals surface area contributed by atoms with Crippen LogP contribution in [0.4, 0.5) is 0 Å². The van der Waals surface area contributed by atoms with Crippen molar-refractivity contribution in [3.05, 3.63) is 29.8 Å². The first-order chi connectivity index (χ1) is 7.20. The highest BCUT2D eigenvalue weighted by Gasteiger charge is 2.11. The summed E-state index contributed by atoms with van der Waals surface area (Å²) in [5.74, 6) is 0.616. The summed E-state index contributed by atoms with van der Waals surface area (Å²) in [5.41, 5.74) is 1.71. The monoisotopic (exact) mass is 206 g/mol. The van der Waals surface area contributed by atoms with Crippen LogP contribution < -0.4 is 5.32 Å². The molecule has 0 saturated heterocycles. The summed E-state index contributed by atoms with van der Waals surface area (Å²) in [6.07, 6.45) is 4.91. The van der Waals surface area contributed by atoms with Crippen LogP contribution in [-0.4, -0.2) is 33.1 Å². The van der Waals surface area contributed by atoms with Crippen LogP contribution in [0.25, 0.3) is 5.78 Å². The van der Waals surface area contributed by atoms with E-state index in [0.29, 0.717) is 18.0 Å². The highest BCUT2D eigenvalue weighted by Crippen LogP contribution is 2.11. The number of imidazole rings is 1. The van der Waals surface area contributed by atoms with E-state index in [0.717, 1.165) is 5.56 Å². The fourth-order valence-corrected chi connectivity index (χ4v) is 1.46. The second-order valence-electron chi connectivity index (χ2n) is 3.58. The van der Waals surface area contributed by atoms with Gasteiger partial charge in [-0.05, 0) is 19.5 Å². The van der Waals surface area contributed by atoms with Crippen molar-refractivity contribution < 1.29 is 5.11 Å². The van der Waals surface area contributed by atoms with E-state index in [-0.39, 0.29) is 0 Å². The molecule has 0 bridgehead atoms. The molecule has 2 aromatic rings. The summed E-state index contributed by atoms with van der Waals surface area (Å²) in [4.78, 5) is 8.40. The number of aromatic nitrogens is 3. The van der Waals surface area contributed by atoms with Gasteiger partial charge < -0.3 is 10.4 Å². The minimum Gasteiger partial charge on any atom is -0.385 e. The van der Waals surface area contributed by atoms with Crippen molar-refractivity contribution in [2.24, 2.45) is 0 Å². The van der Waals surface area contributed by atoms with E-state index in [1.807, 2.05) is 17.5 Å². The molecule has 0 aliphatic rings. The normalized spacial score (nSPS) is 13.3. The molecule has 0 aliphatic carbocycles. The predicted molar refractivity (Wildman–Crippen MR) is 56.6 cm³/mol. The third kappa shape index (κ3) is 1.98. The summed E-state index contributed by atoms with van der Waals surface area (Å²) in [6, 6.07) is 0. The summed E-state index contributed by atoms with van der Waals surface area (Å²) >= 11 is 0. The molecule has 0 fully saturated rings. The smallest absolute Gasteiger partial charge is 0.234 e. The van der Waals surface area contributed by atoms with Crippen molar-refractivity contribution >= 4 is 5.78 Å². The quantitative estimate of drug-likeness (QED) is 0.757. The lowest BCUT2D eigenvalue weighted by Crippen LogP contribution is -2.16. The second-order valence-corrected chi connectivity index (χ2v) is 3.58. The number of nitrogens with one attached hydrogen (secondary N) is 1. The van der Waals surface area contributed by atoms with Gasteiger partial charge in [0.1, 0.15) is 6.10 Å². The molecule has 15 heavy (non-hydrogen) atoms. The number of nitrogens with zero attached hydrogens (tertiary/aromatic N) is 3. The van der Waals surface area contributed by atoms with E-state index in [1.165, 1.54) is 0 Å². The van der Waals surface area contributed by atoms with Gasteiger partial charge in [-0.1, -0.05) is 0 Å². The number of hydrogen-bond acceptors (Lipinski definition) is 4. The zero-order chi connectivity index (χ0) is 10.8. The molecule has 0 aliphatic heterocycles. The Morgan fingerprint density at radius 1 is 1.53 bits per heavy atom. The van der Waals surface area contributed by atoms with E-state index in [2.05, 4.69) is 15.3 Å². The third-order valence-electron chi connectivity index (χ3n) is 2.20. The highest BCUT2D eigenvalue weighted by atomic mass is 16.3. The van der Waals surface area contributed by atoms with Crippen LogP contribution in [0.5, 0.6) is 0 Å². The van der Waals surface area contributed by atoms with Crippen molar-refractivity contribution in [1.82, 2.24) is 19.7 Å². The van der Waals surface area contributed by atoms with Gasteiger partial charge in [0.25, 0.3) is 0 Å². The van der Waals surface area contributed by atoms with Gasteiger partial charge in [0.15, 0.2) is 0 Å². The molecule has 0 saturated carbocycles. The maximum absolute atomic E-state index is 9.72. The average Bonchev–Trinajstić information content (AvgIpc) is 2.60. The van der Waals surface area contributed by atoms with Crippen molar-refractivity contribution in [2.45, 2.75) is 13.0 Å². The van der Waals surface area contributed by atoms with Crippen molar-refractivity contribution in [1.29, 1.82) is 0 Å². The SMILES string of the molecule is CNCC(O)c1cn2cc(C)cnc2n1. The lowest BCUT2D eigenvalue weighted by Gasteiger charge is -2.04. The maximum atomic E-state index is 9.72. The Hall–Kier alpha value is -1.46. The Kier molecular flexibility index (Phi) is 2.66. The Morgan fingerprint density at radius 3 is 3.07 bits per heavy atom. The van der Waals surface area contributed by atoms with Gasteiger partial charge in [0.2, 0.25) is 5.78 Å². The lowest BCUT2D eigenvalue weighted by molar-refractivity contribution is 0.173. The van der Waals surface area contributed by atoms with Crippen LogP contribution in [0.2, 0.25) is 0 Å². The zero-order valence-electron chi connectivity index (χ0n) is 8.81. The first kappa shape index (κ1) is 10.1. The van der Waals surface area contributed by atoms with Gasteiger partial charge in [-0.2, -0.15) is 0 Å². The fraction of sp³-hybridized carbons (Fsp3) is 0.400. The van der Waals surface area contributed by atoms with Crippen LogP contribution >= 0.6 is 0 Å². The molecule has 2 aromatic heterocycles. The average molecular weight is 206 g/mol. The van der Waals surface area contributed by atoms with Crippen molar-refractivity contribution in [3.63, 3.8) is 0 Å². The Bertz CT molecular complexity index is 465. The van der Waals surface area contributed by atoms with Crippen LogP contribution in [0.1, 0.15) is 17.4 Å². The number of aliphatic hydroxyl groups excluding tert-OH is 1. The Labute approximate surface area is 87.8 Å². The molecule has 0 radical (unpaired) electrons. The third-order valence-corrected chi connectivity index (χ3v) is 2.20. The predicted octanol–water partition coefficient (Wildman–Crippen LogP) is 0.291. The van der Waals surface area contributed by atoms with Crippen LogP contribution in [0.15, 0.2) is 18.6 Å². The summed E-state index contributed by atoms with van der Waals surface area (Å²) in [7, 11) is 1.79. The molecule has 2 heterocycles. The minimum atomic E-state index is -0.586. The number of aryl methyl sites for hydroxylation is 1. The summed E-state index contributed by atoms with van der Waals surface area (Å²) < 4.78 is 1.82. The van der Waals surface area contributed by atoms with Gasteiger partial charge in [-0.15, -0.1) is 0 Å². The number of hydrogen-bond donors (Lipinski definition) is 2. The van der Waals surface area contributed by atoms with E-state index in [4.69, 9.17) is 0 Å². The van der Waals surface area contributed by atoms with E-state index >= 15 is 0 Å². The van der Waals surface area contributed by atoms with Crippen LogP contribution in [0.3, 0.4) is 0 Å². The number of fused-ring (bicyclic) bond motifs is 1. The Morgan fingerprint density at radius 2 is 2.33 bits per heavy atom. The Balaban J connectivity index is 2.38. The van der Waals surface area contributed by atoms with Gasteiger partial charge >= 0.3 is 0 Å². The van der Waals surface area contributed by atoms with Crippen molar-refractivity contribution in [2.75, 3.05) is 13.6 Å². The van der Waals surface area contributed by atoms with E-state index in [9.17, 15) is 5.11 Å². The van der Waals surface area contributed by atoms with Crippen molar-refractivity contribution in [3.8, 4) is 0 Å². The van der Waals surface area contributed by atoms with E-state index in [1.54, 1.807) is 19.4 Å². The maximum Gasteiger partial charge on any atom is 0.234 e. The molecule has 80 valence electrons. The molecule has 0 aromatic carbocycles.